The molecule has 1 aliphatic heterocycles. The molecule has 0 atom stereocenters. The number of aryl methyl sites for hydroxylation is 2. The molecule has 0 unspecified atom stereocenters. The molecular formula is C22H27ClN6O2. The first-order valence-corrected chi connectivity index (χ1v) is 9.94. The summed E-state index contributed by atoms with van der Waals surface area (Å²) in [7, 11) is 1.64. The van der Waals surface area contributed by atoms with Crippen molar-refractivity contribution in [2.24, 2.45) is 0 Å². The van der Waals surface area contributed by atoms with Crippen LogP contribution < -0.4 is 20.3 Å². The van der Waals surface area contributed by atoms with Gasteiger partial charge in [0.15, 0.2) is 0 Å². The number of halogens is 1. The molecule has 164 valence electrons. The predicted molar refractivity (Wildman–Crippen MR) is 126 cm³/mol. The van der Waals surface area contributed by atoms with Gasteiger partial charge in [-0.3, -0.25) is 0 Å². The van der Waals surface area contributed by atoms with Crippen molar-refractivity contribution in [1.82, 2.24) is 15.0 Å². The Labute approximate surface area is 188 Å². The molecule has 2 aromatic carbocycles. The average molecular weight is 443 g/mol. The van der Waals surface area contributed by atoms with Crippen molar-refractivity contribution in [2.75, 3.05) is 48.9 Å². The van der Waals surface area contributed by atoms with Crippen molar-refractivity contribution in [3.8, 4) is 5.75 Å². The number of morpholine rings is 1. The van der Waals surface area contributed by atoms with E-state index in [1.54, 1.807) is 7.11 Å². The molecule has 1 saturated heterocycles. The Bertz CT molecular complexity index is 1010. The third kappa shape index (κ3) is 5.96. The van der Waals surface area contributed by atoms with Crippen LogP contribution in [0.2, 0.25) is 0 Å². The van der Waals surface area contributed by atoms with Crippen LogP contribution in [0.3, 0.4) is 0 Å². The average Bonchev–Trinajstić information content (AvgIpc) is 2.73. The van der Waals surface area contributed by atoms with Crippen LogP contribution in [0.5, 0.6) is 5.75 Å². The quantitative estimate of drug-likeness (QED) is 0.586. The van der Waals surface area contributed by atoms with Gasteiger partial charge in [0.05, 0.1) is 20.3 Å². The second kappa shape index (κ2) is 10.3. The fourth-order valence-electron chi connectivity index (χ4n) is 3.39. The predicted octanol–water partition coefficient (Wildman–Crippen LogP) is 4.24. The zero-order valence-corrected chi connectivity index (χ0v) is 18.7. The molecule has 1 aromatic heterocycles. The van der Waals surface area contributed by atoms with Crippen LogP contribution in [-0.4, -0.2) is 48.4 Å². The number of rotatable bonds is 6. The lowest BCUT2D eigenvalue weighted by Gasteiger charge is -2.27. The first-order chi connectivity index (χ1) is 14.6. The Kier molecular flexibility index (Phi) is 7.49. The van der Waals surface area contributed by atoms with Gasteiger partial charge in [-0.15, -0.1) is 12.4 Å². The van der Waals surface area contributed by atoms with Crippen LogP contribution in [0.25, 0.3) is 0 Å². The monoisotopic (exact) mass is 442 g/mol. The van der Waals surface area contributed by atoms with Gasteiger partial charge in [0, 0.05) is 30.5 Å². The van der Waals surface area contributed by atoms with E-state index in [9.17, 15) is 0 Å². The highest BCUT2D eigenvalue weighted by Crippen LogP contribution is 2.24. The van der Waals surface area contributed by atoms with E-state index in [4.69, 9.17) is 9.47 Å². The number of anilines is 5. The zero-order chi connectivity index (χ0) is 20.9. The largest absolute Gasteiger partial charge is 0.497 e. The fraction of sp³-hybridized carbons (Fsp3) is 0.318. The van der Waals surface area contributed by atoms with Crippen molar-refractivity contribution in [3.63, 3.8) is 0 Å². The first kappa shape index (κ1) is 22.6. The van der Waals surface area contributed by atoms with Crippen LogP contribution in [0.1, 0.15) is 11.1 Å². The van der Waals surface area contributed by atoms with Crippen molar-refractivity contribution >= 4 is 41.6 Å². The molecule has 0 spiro atoms. The lowest BCUT2D eigenvalue weighted by Crippen LogP contribution is -2.37. The maximum absolute atomic E-state index is 5.47. The number of nitrogens with zero attached hydrogens (tertiary/aromatic N) is 4. The van der Waals surface area contributed by atoms with Crippen LogP contribution in [-0.2, 0) is 4.74 Å². The molecular weight excluding hydrogens is 416 g/mol. The normalized spacial score (nSPS) is 13.3. The van der Waals surface area contributed by atoms with Crippen molar-refractivity contribution in [3.05, 3.63) is 53.6 Å². The topological polar surface area (TPSA) is 84.4 Å². The van der Waals surface area contributed by atoms with E-state index < -0.39 is 0 Å². The van der Waals surface area contributed by atoms with Gasteiger partial charge in [-0.25, -0.2) is 0 Å². The first-order valence-electron chi connectivity index (χ1n) is 9.94. The van der Waals surface area contributed by atoms with Crippen LogP contribution in [0.4, 0.5) is 29.2 Å². The van der Waals surface area contributed by atoms with Gasteiger partial charge < -0.3 is 25.0 Å². The van der Waals surface area contributed by atoms with E-state index in [-0.39, 0.29) is 12.4 Å². The van der Waals surface area contributed by atoms with Crippen molar-refractivity contribution in [2.45, 2.75) is 13.8 Å². The third-order valence-electron chi connectivity index (χ3n) is 4.72. The lowest BCUT2D eigenvalue weighted by molar-refractivity contribution is 0.122. The van der Waals surface area contributed by atoms with Crippen LogP contribution in [0.15, 0.2) is 42.5 Å². The number of methoxy groups -OCH3 is 1. The number of aromatic nitrogens is 3. The molecule has 31 heavy (non-hydrogen) atoms. The highest BCUT2D eigenvalue weighted by molar-refractivity contribution is 5.85. The minimum atomic E-state index is 0. The Morgan fingerprint density at radius 1 is 0.871 bits per heavy atom. The second-order valence-corrected chi connectivity index (χ2v) is 7.24. The van der Waals surface area contributed by atoms with E-state index in [1.165, 1.54) is 11.1 Å². The Balaban J connectivity index is 0.00000272. The van der Waals surface area contributed by atoms with E-state index in [1.807, 2.05) is 24.3 Å². The Hall–Kier alpha value is -3.10. The highest BCUT2D eigenvalue weighted by Gasteiger charge is 2.17. The molecule has 0 radical (unpaired) electrons. The molecule has 0 bridgehead atoms. The fourth-order valence-corrected chi connectivity index (χ4v) is 3.39. The van der Waals surface area contributed by atoms with Crippen molar-refractivity contribution in [1.29, 1.82) is 0 Å². The molecule has 3 aromatic rings. The number of benzene rings is 2. The number of ether oxygens (including phenoxy) is 2. The van der Waals surface area contributed by atoms with Crippen LogP contribution in [0, 0.1) is 13.8 Å². The molecule has 2 N–H and O–H groups in total. The van der Waals surface area contributed by atoms with E-state index >= 15 is 0 Å². The molecule has 0 amide bonds. The maximum atomic E-state index is 5.47. The van der Waals surface area contributed by atoms with E-state index in [0.29, 0.717) is 31.1 Å². The van der Waals surface area contributed by atoms with E-state index in [2.05, 4.69) is 62.5 Å². The van der Waals surface area contributed by atoms with Gasteiger partial charge >= 0.3 is 0 Å². The summed E-state index contributed by atoms with van der Waals surface area (Å²) >= 11 is 0. The minimum absolute atomic E-state index is 0. The summed E-state index contributed by atoms with van der Waals surface area (Å²) in [5.74, 6) is 2.33. The Morgan fingerprint density at radius 3 is 2.16 bits per heavy atom. The summed E-state index contributed by atoms with van der Waals surface area (Å²) in [4.78, 5) is 16.0. The molecule has 1 aliphatic rings. The SMILES string of the molecule is COc1cccc(Nc2nc(Nc3cc(C)cc(C)c3)nc(N3CCOCC3)n2)c1.Cl. The van der Waals surface area contributed by atoms with E-state index in [0.717, 1.165) is 30.2 Å². The van der Waals surface area contributed by atoms with Gasteiger partial charge in [0.25, 0.3) is 0 Å². The summed E-state index contributed by atoms with van der Waals surface area (Å²) in [6.07, 6.45) is 0. The molecule has 9 heteroatoms. The summed E-state index contributed by atoms with van der Waals surface area (Å²) in [5.41, 5.74) is 4.13. The summed E-state index contributed by atoms with van der Waals surface area (Å²) < 4.78 is 10.8. The summed E-state index contributed by atoms with van der Waals surface area (Å²) in [6.45, 7) is 6.94. The molecule has 0 aliphatic carbocycles. The molecule has 8 nitrogen and oxygen atoms in total. The molecule has 0 saturated carbocycles. The molecule has 2 heterocycles. The summed E-state index contributed by atoms with van der Waals surface area (Å²) in [6, 6.07) is 13.9. The summed E-state index contributed by atoms with van der Waals surface area (Å²) in [5, 5.41) is 6.60. The maximum Gasteiger partial charge on any atom is 0.233 e. The van der Waals surface area contributed by atoms with Crippen molar-refractivity contribution < 1.29 is 9.47 Å². The standard InChI is InChI=1S/C22H26N6O2.ClH/c1-15-11-16(2)13-18(12-15)24-21-25-20(23-17-5-4-6-19(14-17)29-3)26-22(27-21)28-7-9-30-10-8-28;/h4-6,11-14H,7-10H2,1-3H3,(H2,23,24,25,26,27);1H. The second-order valence-electron chi connectivity index (χ2n) is 7.24. The number of hydrogen-bond donors (Lipinski definition) is 2. The van der Waals surface area contributed by atoms with Gasteiger partial charge in [-0.05, 0) is 49.2 Å². The van der Waals surface area contributed by atoms with Crippen LogP contribution >= 0.6 is 12.4 Å². The Morgan fingerprint density at radius 2 is 1.52 bits per heavy atom. The number of nitrogens with one attached hydrogen (secondary N) is 2. The van der Waals surface area contributed by atoms with Gasteiger partial charge in [-0.1, -0.05) is 12.1 Å². The highest BCUT2D eigenvalue weighted by atomic mass is 35.5. The third-order valence-corrected chi connectivity index (χ3v) is 4.72. The van der Waals surface area contributed by atoms with Gasteiger partial charge in [-0.2, -0.15) is 15.0 Å². The molecule has 1 fully saturated rings. The zero-order valence-electron chi connectivity index (χ0n) is 17.9. The smallest absolute Gasteiger partial charge is 0.233 e. The molecule has 4 rings (SSSR count). The van der Waals surface area contributed by atoms with Gasteiger partial charge in [0.1, 0.15) is 5.75 Å². The lowest BCUT2D eigenvalue weighted by atomic mass is 10.1. The minimum Gasteiger partial charge on any atom is -0.497 e. The van der Waals surface area contributed by atoms with Gasteiger partial charge in [0.2, 0.25) is 17.8 Å². The number of hydrogen-bond acceptors (Lipinski definition) is 8.